The lowest BCUT2D eigenvalue weighted by Gasteiger charge is -2.41. The number of hydrogen-bond acceptors (Lipinski definition) is 7. The molecule has 0 aromatic rings. The van der Waals surface area contributed by atoms with Gasteiger partial charge in [0.05, 0.1) is 6.61 Å². The van der Waals surface area contributed by atoms with E-state index >= 15 is 0 Å². The number of rotatable bonds is 15. The lowest BCUT2D eigenvalue weighted by Crippen LogP contribution is -2.56. The molecule has 1 atom stereocenters. The first-order chi connectivity index (χ1) is 12.9. The Morgan fingerprint density at radius 3 is 1.79 bits per heavy atom. The van der Waals surface area contributed by atoms with Gasteiger partial charge in [0.25, 0.3) is 0 Å². The van der Waals surface area contributed by atoms with Crippen LogP contribution in [0.4, 0.5) is 0 Å². The lowest BCUT2D eigenvalue weighted by atomic mass is 10.4. The van der Waals surface area contributed by atoms with Crippen LogP contribution in [0.3, 0.4) is 0 Å². The monoisotopic (exact) mass is 484 g/mol. The van der Waals surface area contributed by atoms with E-state index in [4.69, 9.17) is 26.9 Å². The zero-order chi connectivity index (χ0) is 22.9. The highest BCUT2D eigenvalue weighted by Crippen LogP contribution is 2.27. The van der Waals surface area contributed by atoms with Crippen molar-refractivity contribution < 1.29 is 36.5 Å². The number of ether oxygens (including phenoxy) is 2. The average molecular weight is 485 g/mol. The van der Waals surface area contributed by atoms with E-state index in [2.05, 4.69) is 58.9 Å². The van der Waals surface area contributed by atoms with E-state index in [1.165, 1.54) is 0 Å². The van der Waals surface area contributed by atoms with Gasteiger partial charge in [-0.2, -0.15) is 0 Å². The normalized spacial score (nSPS) is 15.1. The van der Waals surface area contributed by atoms with Gasteiger partial charge in [0.1, 0.15) is 13.0 Å². The van der Waals surface area contributed by atoms with Crippen LogP contribution in [0.25, 0.3) is 0 Å². The Morgan fingerprint density at radius 2 is 1.31 bits per heavy atom. The standard InChI is InChI=1S/C17H40O8Si4/c1-26(2,3)23-28(7,8)25-29(9,24-27(4,5)6)14-10-11-21-12-13-22-17(20)15-16(18)19/h10-15H2,1-9H3,(H,18,19). The molecule has 0 rings (SSSR count). The minimum absolute atomic E-state index is 0.0483. The second kappa shape index (κ2) is 11.9. The topological polar surface area (TPSA) is 101 Å². The third kappa shape index (κ3) is 17.1. The molecule has 0 aliphatic rings. The summed E-state index contributed by atoms with van der Waals surface area (Å²) in [6, 6.07) is 0.793. The van der Waals surface area contributed by atoms with E-state index < -0.39 is 52.1 Å². The number of esters is 1. The van der Waals surface area contributed by atoms with Crippen molar-refractivity contribution in [1.29, 1.82) is 0 Å². The molecule has 8 nitrogen and oxygen atoms in total. The molecule has 0 saturated carbocycles. The van der Waals surface area contributed by atoms with Crippen LogP contribution >= 0.6 is 0 Å². The third-order valence-corrected chi connectivity index (χ3v) is 16.8. The maximum absolute atomic E-state index is 11.2. The summed E-state index contributed by atoms with van der Waals surface area (Å²) in [7, 11) is -8.24. The van der Waals surface area contributed by atoms with Crippen LogP contribution in [-0.2, 0) is 31.4 Å². The minimum atomic E-state index is -2.43. The highest BCUT2D eigenvalue weighted by molar-refractivity contribution is 6.89. The highest BCUT2D eigenvalue weighted by atomic mass is 28.5. The van der Waals surface area contributed by atoms with E-state index in [0.29, 0.717) is 6.61 Å². The molecule has 0 radical (unpaired) electrons. The number of carboxylic acids is 1. The molecule has 0 bridgehead atoms. The third-order valence-electron chi connectivity index (χ3n) is 3.24. The second-order valence-corrected chi connectivity index (χ2v) is 26.0. The molecule has 0 heterocycles. The van der Waals surface area contributed by atoms with Crippen molar-refractivity contribution in [3.05, 3.63) is 0 Å². The first kappa shape index (κ1) is 28.6. The fraction of sp³-hybridized carbons (Fsp3) is 0.882. The SMILES string of the molecule is C[Si](C)(C)O[Si](C)(C)O[Si](C)(CCCOCCOC(=O)CC(=O)O)O[Si](C)(C)C. The Balaban J connectivity index is 4.54. The molecule has 0 aliphatic carbocycles. The van der Waals surface area contributed by atoms with E-state index in [0.717, 1.165) is 12.5 Å². The van der Waals surface area contributed by atoms with Gasteiger partial charge in [0, 0.05) is 6.61 Å². The molecule has 0 spiro atoms. The summed E-state index contributed by atoms with van der Waals surface area (Å²) in [6.45, 7) is 20.1. The van der Waals surface area contributed by atoms with Gasteiger partial charge in [-0.25, -0.2) is 0 Å². The highest BCUT2D eigenvalue weighted by Gasteiger charge is 2.44. The molecule has 0 aliphatic heterocycles. The number of aliphatic carboxylic acids is 1. The predicted octanol–water partition coefficient (Wildman–Crippen LogP) is 3.90. The molecule has 29 heavy (non-hydrogen) atoms. The summed E-state index contributed by atoms with van der Waals surface area (Å²) < 4.78 is 29.8. The lowest BCUT2D eigenvalue weighted by molar-refractivity contribution is -0.152. The predicted molar refractivity (Wildman–Crippen MR) is 123 cm³/mol. The van der Waals surface area contributed by atoms with E-state index in [-0.39, 0.29) is 13.2 Å². The van der Waals surface area contributed by atoms with Gasteiger partial charge >= 0.3 is 29.1 Å². The molecule has 12 heteroatoms. The van der Waals surface area contributed by atoms with Crippen LogP contribution in [-0.4, -0.2) is 70.6 Å². The van der Waals surface area contributed by atoms with Gasteiger partial charge < -0.3 is 26.9 Å². The Kier molecular flexibility index (Phi) is 11.7. The summed E-state index contributed by atoms with van der Waals surface area (Å²) in [5.74, 6) is -1.96. The Bertz CT molecular complexity index is 531. The number of carboxylic acid groups (broad SMARTS) is 1. The molecule has 172 valence electrons. The van der Waals surface area contributed by atoms with Gasteiger partial charge in [0.2, 0.25) is 0 Å². The molecule has 1 unspecified atom stereocenters. The van der Waals surface area contributed by atoms with Crippen LogP contribution in [0.15, 0.2) is 0 Å². The van der Waals surface area contributed by atoms with E-state index in [1.807, 2.05) is 0 Å². The molecule has 0 aromatic carbocycles. The fourth-order valence-electron chi connectivity index (χ4n) is 3.04. The summed E-state index contributed by atoms with van der Waals surface area (Å²) in [5.41, 5.74) is 0. The summed E-state index contributed by atoms with van der Waals surface area (Å²) >= 11 is 0. The second-order valence-electron chi connectivity index (χ2n) is 9.57. The van der Waals surface area contributed by atoms with Crippen molar-refractivity contribution in [1.82, 2.24) is 0 Å². The first-order valence-corrected chi connectivity index (χ1v) is 22.1. The number of hydrogen-bond donors (Lipinski definition) is 1. The van der Waals surface area contributed by atoms with Crippen LogP contribution in [0.1, 0.15) is 12.8 Å². The van der Waals surface area contributed by atoms with Crippen molar-refractivity contribution in [2.24, 2.45) is 0 Å². The van der Waals surface area contributed by atoms with Gasteiger partial charge in [-0.15, -0.1) is 0 Å². The van der Waals surface area contributed by atoms with Crippen LogP contribution in [0, 0.1) is 0 Å². The van der Waals surface area contributed by atoms with Gasteiger partial charge in [-0.05, 0) is 71.4 Å². The van der Waals surface area contributed by atoms with Crippen molar-refractivity contribution in [3.63, 3.8) is 0 Å². The molecular weight excluding hydrogens is 445 g/mol. The van der Waals surface area contributed by atoms with Crippen molar-refractivity contribution in [2.75, 3.05) is 19.8 Å². The molecule has 0 aromatic heterocycles. The van der Waals surface area contributed by atoms with Crippen molar-refractivity contribution in [2.45, 2.75) is 77.8 Å². The van der Waals surface area contributed by atoms with Crippen LogP contribution in [0.2, 0.25) is 65.0 Å². The zero-order valence-electron chi connectivity index (χ0n) is 19.5. The molecule has 0 amide bonds. The average Bonchev–Trinajstić information content (AvgIpc) is 2.39. The van der Waals surface area contributed by atoms with Crippen molar-refractivity contribution in [3.8, 4) is 0 Å². The van der Waals surface area contributed by atoms with Crippen molar-refractivity contribution >= 4 is 45.7 Å². The molecular formula is C17H40O8Si4. The van der Waals surface area contributed by atoms with E-state index in [9.17, 15) is 9.59 Å². The maximum atomic E-state index is 11.2. The van der Waals surface area contributed by atoms with Crippen LogP contribution < -0.4 is 0 Å². The minimum Gasteiger partial charge on any atom is -0.481 e. The van der Waals surface area contributed by atoms with Crippen LogP contribution in [0.5, 0.6) is 0 Å². The van der Waals surface area contributed by atoms with Gasteiger partial charge in [0.15, 0.2) is 16.6 Å². The summed E-state index contributed by atoms with van der Waals surface area (Å²) in [6.07, 6.45) is 0.141. The molecule has 1 N–H and O–H groups in total. The Morgan fingerprint density at radius 1 is 0.759 bits per heavy atom. The van der Waals surface area contributed by atoms with Gasteiger partial charge in [-0.3, -0.25) is 9.59 Å². The quantitative estimate of drug-likeness (QED) is 0.162. The maximum Gasteiger partial charge on any atom is 0.317 e. The number of carbonyl (C=O) groups is 2. The molecule has 0 saturated heterocycles. The Labute approximate surface area is 180 Å². The number of carbonyl (C=O) groups excluding carboxylic acids is 1. The summed E-state index contributed by atoms with van der Waals surface area (Å²) in [4.78, 5) is 21.6. The first-order valence-electron chi connectivity index (χ1n) is 9.99. The molecule has 0 fully saturated rings. The Hall–Kier alpha value is -0.352. The van der Waals surface area contributed by atoms with Gasteiger partial charge in [-0.1, -0.05) is 0 Å². The summed E-state index contributed by atoms with van der Waals surface area (Å²) in [5, 5.41) is 8.50. The fourth-order valence-corrected chi connectivity index (χ4v) is 21.0. The smallest absolute Gasteiger partial charge is 0.317 e. The zero-order valence-corrected chi connectivity index (χ0v) is 23.5. The van der Waals surface area contributed by atoms with E-state index in [1.54, 1.807) is 0 Å². The largest absolute Gasteiger partial charge is 0.481 e.